The Morgan fingerprint density at radius 3 is 2.65 bits per heavy atom. The Morgan fingerprint density at radius 1 is 1.06 bits per heavy atom. The Morgan fingerprint density at radius 2 is 1.82 bits per heavy atom. The first-order chi connectivity index (χ1) is 8.24. The summed E-state index contributed by atoms with van der Waals surface area (Å²) in [5.74, 6) is 0.275. The largest absolute Gasteiger partial charge is 0.740 e. The minimum absolute atomic E-state index is 0.275. The maximum absolute atomic E-state index is 10.5. The Hall–Kier alpha value is -1.85. The first kappa shape index (κ1) is 10.3. The third kappa shape index (κ3) is 1.79. The summed E-state index contributed by atoms with van der Waals surface area (Å²) in [7, 11) is 0. The van der Waals surface area contributed by atoms with Gasteiger partial charge in [-0.2, -0.15) is 0 Å². The second kappa shape index (κ2) is 3.87. The lowest BCUT2D eigenvalue weighted by molar-refractivity contribution is 0.440. The van der Waals surface area contributed by atoms with Crippen molar-refractivity contribution in [3.05, 3.63) is 42.5 Å². The van der Waals surface area contributed by atoms with E-state index in [1.165, 1.54) is 0 Å². The number of benzene rings is 2. The highest BCUT2D eigenvalue weighted by Crippen LogP contribution is 2.31. The van der Waals surface area contributed by atoms with Crippen molar-refractivity contribution >= 4 is 33.3 Å². The molecule has 5 heteroatoms. The first-order valence-electron chi connectivity index (χ1n) is 4.93. The van der Waals surface area contributed by atoms with E-state index in [4.69, 9.17) is 4.42 Å². The molecule has 0 aliphatic carbocycles. The summed E-state index contributed by atoms with van der Waals surface area (Å²) in [6.07, 6.45) is 0. The van der Waals surface area contributed by atoms with Gasteiger partial charge in [0.05, 0.1) is 0 Å². The van der Waals surface area contributed by atoms with Crippen molar-refractivity contribution < 1.29 is 17.4 Å². The van der Waals surface area contributed by atoms with E-state index in [1.807, 2.05) is 24.3 Å². The second-order valence-corrected chi connectivity index (χ2v) is 4.12. The molecule has 1 unspecified atom stereocenters. The van der Waals surface area contributed by atoms with Crippen molar-refractivity contribution in [2.45, 2.75) is 0 Å². The standard InChI is InChI=1S/C12H8O4S/c13-17(14)16-8-5-6-12-10(7-8)9-3-1-2-4-11(9)15-12/h1-7H,(H,13,14)/p-1. The van der Waals surface area contributed by atoms with E-state index >= 15 is 0 Å². The normalized spacial score (nSPS) is 13.0. The van der Waals surface area contributed by atoms with Crippen molar-refractivity contribution in [3.8, 4) is 5.75 Å². The van der Waals surface area contributed by atoms with Gasteiger partial charge in [-0.05, 0) is 24.3 Å². The van der Waals surface area contributed by atoms with E-state index in [0.29, 0.717) is 5.58 Å². The van der Waals surface area contributed by atoms with Crippen LogP contribution >= 0.6 is 0 Å². The van der Waals surface area contributed by atoms with Gasteiger partial charge in [-0.3, -0.25) is 0 Å². The molecule has 0 amide bonds. The number of furan rings is 1. The van der Waals surface area contributed by atoms with Crippen LogP contribution in [0.3, 0.4) is 0 Å². The van der Waals surface area contributed by atoms with Crippen LogP contribution in [0.4, 0.5) is 0 Å². The molecular formula is C12H7O4S-. The molecule has 0 spiro atoms. The minimum atomic E-state index is -2.56. The zero-order valence-electron chi connectivity index (χ0n) is 8.58. The average molecular weight is 247 g/mol. The molecule has 17 heavy (non-hydrogen) atoms. The number of fused-ring (bicyclic) bond motifs is 3. The predicted octanol–water partition coefficient (Wildman–Crippen LogP) is 2.76. The summed E-state index contributed by atoms with van der Waals surface area (Å²) in [6.45, 7) is 0. The third-order valence-electron chi connectivity index (χ3n) is 2.51. The fourth-order valence-corrected chi connectivity index (χ4v) is 2.10. The van der Waals surface area contributed by atoms with Crippen molar-refractivity contribution in [3.63, 3.8) is 0 Å². The highest BCUT2D eigenvalue weighted by molar-refractivity contribution is 7.74. The zero-order valence-corrected chi connectivity index (χ0v) is 9.40. The monoisotopic (exact) mass is 247 g/mol. The minimum Gasteiger partial charge on any atom is -0.740 e. The molecule has 0 N–H and O–H groups in total. The average Bonchev–Trinajstić information content (AvgIpc) is 2.66. The number of hydrogen-bond acceptors (Lipinski definition) is 4. The van der Waals surface area contributed by atoms with Gasteiger partial charge in [-0.1, -0.05) is 18.2 Å². The van der Waals surface area contributed by atoms with Crippen molar-refractivity contribution in [1.82, 2.24) is 0 Å². The molecule has 3 aromatic rings. The van der Waals surface area contributed by atoms with Crippen LogP contribution < -0.4 is 4.18 Å². The van der Waals surface area contributed by atoms with Crippen LogP contribution in [-0.4, -0.2) is 8.76 Å². The molecule has 0 radical (unpaired) electrons. The van der Waals surface area contributed by atoms with Gasteiger partial charge in [0.1, 0.15) is 28.3 Å². The predicted molar refractivity (Wildman–Crippen MR) is 63.3 cm³/mol. The molecule has 1 atom stereocenters. The molecule has 2 aromatic carbocycles. The third-order valence-corrected chi connectivity index (χ3v) is 2.84. The van der Waals surface area contributed by atoms with Crippen LogP contribution in [0.2, 0.25) is 0 Å². The summed E-state index contributed by atoms with van der Waals surface area (Å²) in [5.41, 5.74) is 1.47. The summed E-state index contributed by atoms with van der Waals surface area (Å²) in [4.78, 5) is 0. The lowest BCUT2D eigenvalue weighted by Crippen LogP contribution is -1.97. The van der Waals surface area contributed by atoms with E-state index in [0.717, 1.165) is 16.4 Å². The van der Waals surface area contributed by atoms with Crippen LogP contribution in [0, 0.1) is 0 Å². The maximum Gasteiger partial charge on any atom is 0.140 e. The SMILES string of the molecule is O=S([O-])Oc1ccc2oc3ccccc3c2c1. The fraction of sp³-hybridized carbons (Fsp3) is 0. The Kier molecular flexibility index (Phi) is 2.35. The van der Waals surface area contributed by atoms with Crippen LogP contribution in [0.1, 0.15) is 0 Å². The molecule has 1 aromatic heterocycles. The summed E-state index contributed by atoms with van der Waals surface area (Å²) >= 11 is -2.56. The summed E-state index contributed by atoms with van der Waals surface area (Å²) < 4.78 is 31.1. The van der Waals surface area contributed by atoms with Gasteiger partial charge < -0.3 is 13.2 Å². The van der Waals surface area contributed by atoms with Gasteiger partial charge in [0.15, 0.2) is 0 Å². The van der Waals surface area contributed by atoms with Gasteiger partial charge in [-0.25, -0.2) is 4.21 Å². The molecule has 0 saturated carbocycles. The van der Waals surface area contributed by atoms with Crippen molar-refractivity contribution in [2.75, 3.05) is 0 Å². The molecular weight excluding hydrogens is 240 g/mol. The van der Waals surface area contributed by atoms with Crippen molar-refractivity contribution in [2.24, 2.45) is 0 Å². The van der Waals surface area contributed by atoms with E-state index in [1.54, 1.807) is 18.2 Å². The molecule has 0 aliphatic heterocycles. The first-order valence-corrected chi connectivity index (χ1v) is 5.93. The maximum atomic E-state index is 10.5. The lowest BCUT2D eigenvalue weighted by Gasteiger charge is -2.06. The lowest BCUT2D eigenvalue weighted by atomic mass is 10.1. The molecule has 1 heterocycles. The van der Waals surface area contributed by atoms with E-state index in [-0.39, 0.29) is 5.75 Å². The molecule has 0 saturated heterocycles. The Labute approximate surface area is 99.3 Å². The van der Waals surface area contributed by atoms with E-state index < -0.39 is 11.4 Å². The highest BCUT2D eigenvalue weighted by atomic mass is 32.2. The summed E-state index contributed by atoms with van der Waals surface area (Å²) in [5, 5.41) is 1.77. The number of para-hydroxylation sites is 1. The van der Waals surface area contributed by atoms with Gasteiger partial charge >= 0.3 is 0 Å². The van der Waals surface area contributed by atoms with Crippen molar-refractivity contribution in [1.29, 1.82) is 0 Å². The van der Waals surface area contributed by atoms with E-state index in [2.05, 4.69) is 4.18 Å². The van der Waals surface area contributed by atoms with Crippen LogP contribution in [0.5, 0.6) is 5.75 Å². The Bertz CT molecular complexity index is 717. The van der Waals surface area contributed by atoms with Crippen LogP contribution in [0.25, 0.3) is 21.9 Å². The van der Waals surface area contributed by atoms with Gasteiger partial charge in [0, 0.05) is 10.8 Å². The van der Waals surface area contributed by atoms with Crippen LogP contribution in [0.15, 0.2) is 46.9 Å². The molecule has 4 nitrogen and oxygen atoms in total. The number of rotatable bonds is 2. The highest BCUT2D eigenvalue weighted by Gasteiger charge is 2.07. The number of hydrogen-bond donors (Lipinski definition) is 0. The van der Waals surface area contributed by atoms with Crippen LogP contribution in [-0.2, 0) is 11.4 Å². The topological polar surface area (TPSA) is 62.5 Å². The fourth-order valence-electron chi connectivity index (χ4n) is 1.84. The Balaban J connectivity index is 2.26. The smallest absolute Gasteiger partial charge is 0.140 e. The zero-order chi connectivity index (χ0) is 11.8. The summed E-state index contributed by atoms with van der Waals surface area (Å²) in [6, 6.07) is 12.5. The second-order valence-electron chi connectivity index (χ2n) is 3.54. The molecule has 86 valence electrons. The van der Waals surface area contributed by atoms with Gasteiger partial charge in [-0.15, -0.1) is 0 Å². The molecule has 0 aliphatic rings. The van der Waals surface area contributed by atoms with Gasteiger partial charge in [0.25, 0.3) is 0 Å². The molecule has 3 rings (SSSR count). The molecule has 0 bridgehead atoms. The van der Waals surface area contributed by atoms with Gasteiger partial charge in [0.2, 0.25) is 0 Å². The molecule has 0 fully saturated rings. The quantitative estimate of drug-likeness (QED) is 0.653. The van der Waals surface area contributed by atoms with E-state index in [9.17, 15) is 8.76 Å².